The van der Waals surface area contributed by atoms with E-state index in [0.717, 1.165) is 25.0 Å². The van der Waals surface area contributed by atoms with Crippen LogP contribution in [0.15, 0.2) is 33.4 Å². The molecule has 1 N–H and O–H groups in total. The van der Waals surface area contributed by atoms with Crippen molar-refractivity contribution in [3.8, 4) is 0 Å². The molecule has 0 bridgehead atoms. The summed E-state index contributed by atoms with van der Waals surface area (Å²) in [4.78, 5) is 24.8. The van der Waals surface area contributed by atoms with Gasteiger partial charge in [-0.3, -0.25) is 4.79 Å². The number of aromatic carboxylic acids is 1. The molecule has 0 spiro atoms. The van der Waals surface area contributed by atoms with Crippen LogP contribution in [0.4, 0.5) is 0 Å². The Hall–Kier alpha value is -1.69. The third-order valence-electron chi connectivity index (χ3n) is 3.36. The molecule has 0 saturated heterocycles. The molecule has 0 radical (unpaired) electrons. The summed E-state index contributed by atoms with van der Waals surface area (Å²) >= 11 is 1.23. The first kappa shape index (κ1) is 15.7. The monoisotopic (exact) mass is 309 g/mol. The molecular weight excluding hydrogens is 290 g/mol. The number of allylic oxidation sites excluding steroid dienone is 2. The molecule has 6 heteroatoms. The molecule has 1 aromatic rings. The number of carbonyl (C=O) groups is 2. The second kappa shape index (κ2) is 7.36. The Bertz CT molecular complexity index is 550. The second-order valence-electron chi connectivity index (χ2n) is 4.79. The molecule has 1 aliphatic rings. The van der Waals surface area contributed by atoms with Gasteiger partial charge in [0.25, 0.3) is 0 Å². The van der Waals surface area contributed by atoms with Gasteiger partial charge in [0.15, 0.2) is 5.09 Å². The fourth-order valence-corrected chi connectivity index (χ4v) is 3.06. The van der Waals surface area contributed by atoms with Crippen molar-refractivity contribution in [1.82, 2.24) is 4.90 Å². The first-order chi connectivity index (χ1) is 10.1. The Morgan fingerprint density at radius 2 is 2.19 bits per heavy atom. The first-order valence-corrected chi connectivity index (χ1v) is 8.05. The fraction of sp³-hybridized carbons (Fsp3) is 0.467. The maximum absolute atomic E-state index is 12.3. The number of nitrogens with zero attached hydrogens (tertiary/aromatic N) is 1. The van der Waals surface area contributed by atoms with Crippen LogP contribution in [0, 0.1) is 0 Å². The van der Waals surface area contributed by atoms with Gasteiger partial charge in [0.05, 0.1) is 5.75 Å². The molecule has 0 aliphatic heterocycles. The van der Waals surface area contributed by atoms with Crippen LogP contribution < -0.4 is 0 Å². The zero-order chi connectivity index (χ0) is 15.2. The van der Waals surface area contributed by atoms with E-state index in [-0.39, 0.29) is 17.4 Å². The highest BCUT2D eigenvalue weighted by Crippen LogP contribution is 2.24. The van der Waals surface area contributed by atoms with Gasteiger partial charge in [0.1, 0.15) is 0 Å². The van der Waals surface area contributed by atoms with Gasteiger partial charge in [-0.25, -0.2) is 4.79 Å². The van der Waals surface area contributed by atoms with Crippen molar-refractivity contribution in [3.05, 3.63) is 29.7 Å². The topological polar surface area (TPSA) is 70.8 Å². The molecule has 1 heterocycles. The number of carboxylic acid groups (broad SMARTS) is 1. The average Bonchev–Trinajstić information content (AvgIpc) is 2.96. The Morgan fingerprint density at radius 3 is 2.76 bits per heavy atom. The van der Waals surface area contributed by atoms with Gasteiger partial charge in [-0.2, -0.15) is 0 Å². The van der Waals surface area contributed by atoms with Gasteiger partial charge in [0.2, 0.25) is 11.7 Å². The average molecular weight is 309 g/mol. The third kappa shape index (κ3) is 4.14. The molecule has 0 aromatic carbocycles. The minimum Gasteiger partial charge on any atom is -0.475 e. The van der Waals surface area contributed by atoms with Crippen LogP contribution in [0.1, 0.15) is 43.2 Å². The van der Waals surface area contributed by atoms with E-state index in [0.29, 0.717) is 11.6 Å². The highest BCUT2D eigenvalue weighted by atomic mass is 32.2. The van der Waals surface area contributed by atoms with E-state index in [1.165, 1.54) is 24.2 Å². The van der Waals surface area contributed by atoms with Crippen LogP contribution in [0.2, 0.25) is 0 Å². The number of thioether (sulfide) groups is 1. The summed E-state index contributed by atoms with van der Waals surface area (Å²) in [5.41, 5.74) is 1.11. The van der Waals surface area contributed by atoms with E-state index in [4.69, 9.17) is 9.52 Å². The zero-order valence-electron chi connectivity index (χ0n) is 12.0. The lowest BCUT2D eigenvalue weighted by Gasteiger charge is -2.26. The molecule has 0 atom stereocenters. The van der Waals surface area contributed by atoms with Crippen molar-refractivity contribution in [1.29, 1.82) is 0 Å². The Morgan fingerprint density at radius 1 is 1.38 bits per heavy atom. The fourth-order valence-electron chi connectivity index (χ4n) is 2.33. The normalized spacial score (nSPS) is 14.6. The van der Waals surface area contributed by atoms with E-state index in [1.54, 1.807) is 6.07 Å². The summed E-state index contributed by atoms with van der Waals surface area (Å²) in [5, 5.41) is 9.24. The maximum atomic E-state index is 12.3. The molecule has 1 aliphatic carbocycles. The number of furan rings is 1. The predicted molar refractivity (Wildman–Crippen MR) is 80.3 cm³/mol. The van der Waals surface area contributed by atoms with Crippen molar-refractivity contribution in [3.63, 3.8) is 0 Å². The molecule has 0 fully saturated rings. The SMILES string of the molecule is CCN(C(=O)CSc1ccc(C(=O)O)o1)C1=CCCCC1. The first-order valence-electron chi connectivity index (χ1n) is 7.07. The van der Waals surface area contributed by atoms with Crippen molar-refractivity contribution in [2.75, 3.05) is 12.3 Å². The van der Waals surface area contributed by atoms with Crippen LogP contribution >= 0.6 is 11.8 Å². The Balaban J connectivity index is 1.92. The van der Waals surface area contributed by atoms with Gasteiger partial charge in [-0.1, -0.05) is 17.8 Å². The molecule has 2 rings (SSSR count). The lowest BCUT2D eigenvalue weighted by Crippen LogP contribution is -2.32. The van der Waals surface area contributed by atoms with Gasteiger partial charge in [-0.15, -0.1) is 0 Å². The van der Waals surface area contributed by atoms with Crippen molar-refractivity contribution >= 4 is 23.6 Å². The van der Waals surface area contributed by atoms with Gasteiger partial charge in [0, 0.05) is 12.2 Å². The van der Waals surface area contributed by atoms with E-state index in [9.17, 15) is 9.59 Å². The molecule has 1 amide bonds. The lowest BCUT2D eigenvalue weighted by molar-refractivity contribution is -0.126. The summed E-state index contributed by atoms with van der Waals surface area (Å²) in [7, 11) is 0. The zero-order valence-corrected chi connectivity index (χ0v) is 12.8. The number of amides is 1. The number of carboxylic acids is 1. The van der Waals surface area contributed by atoms with E-state index in [2.05, 4.69) is 6.08 Å². The molecule has 5 nitrogen and oxygen atoms in total. The van der Waals surface area contributed by atoms with Gasteiger partial charge >= 0.3 is 5.97 Å². The molecule has 114 valence electrons. The summed E-state index contributed by atoms with van der Waals surface area (Å²) in [6.07, 6.45) is 6.45. The smallest absolute Gasteiger partial charge is 0.371 e. The minimum absolute atomic E-state index is 0.0314. The number of hydrogen-bond donors (Lipinski definition) is 1. The van der Waals surface area contributed by atoms with E-state index >= 15 is 0 Å². The number of hydrogen-bond acceptors (Lipinski definition) is 4. The standard InChI is InChI=1S/C15H19NO4S/c1-2-16(11-6-4-3-5-7-11)13(17)10-21-14-9-8-12(20-14)15(18)19/h6,8-9H,2-5,7,10H2,1H3,(H,18,19). The maximum Gasteiger partial charge on any atom is 0.371 e. The van der Waals surface area contributed by atoms with Crippen LogP contribution in [-0.4, -0.2) is 34.2 Å². The van der Waals surface area contributed by atoms with Crippen LogP contribution in [0.25, 0.3) is 0 Å². The Kier molecular flexibility index (Phi) is 5.50. The van der Waals surface area contributed by atoms with E-state index in [1.807, 2.05) is 11.8 Å². The van der Waals surface area contributed by atoms with Gasteiger partial charge in [-0.05, 0) is 44.7 Å². The second-order valence-corrected chi connectivity index (χ2v) is 5.77. The van der Waals surface area contributed by atoms with Crippen molar-refractivity contribution in [2.24, 2.45) is 0 Å². The summed E-state index contributed by atoms with van der Waals surface area (Å²) in [6.45, 7) is 2.62. The molecular formula is C15H19NO4S. The van der Waals surface area contributed by atoms with Crippen molar-refractivity contribution < 1.29 is 19.1 Å². The van der Waals surface area contributed by atoms with Crippen LogP contribution in [0.3, 0.4) is 0 Å². The highest BCUT2D eigenvalue weighted by Gasteiger charge is 2.19. The molecule has 1 aromatic heterocycles. The predicted octanol–water partition coefficient (Wildman–Crippen LogP) is 3.38. The lowest BCUT2D eigenvalue weighted by atomic mass is 10.0. The molecule has 0 saturated carbocycles. The number of carbonyl (C=O) groups excluding carboxylic acids is 1. The molecule has 21 heavy (non-hydrogen) atoms. The summed E-state index contributed by atoms with van der Waals surface area (Å²) < 4.78 is 5.13. The van der Waals surface area contributed by atoms with Crippen molar-refractivity contribution in [2.45, 2.75) is 37.7 Å². The quantitative estimate of drug-likeness (QED) is 0.816. The highest BCUT2D eigenvalue weighted by molar-refractivity contribution is 7.99. The van der Waals surface area contributed by atoms with E-state index < -0.39 is 5.97 Å². The van der Waals surface area contributed by atoms with Crippen LogP contribution in [0.5, 0.6) is 0 Å². The Labute approximate surface area is 128 Å². The number of rotatable bonds is 6. The summed E-state index contributed by atoms with van der Waals surface area (Å²) in [5.74, 6) is -0.926. The third-order valence-corrected chi connectivity index (χ3v) is 4.26. The molecule has 0 unspecified atom stereocenters. The van der Waals surface area contributed by atoms with Gasteiger partial charge < -0.3 is 14.4 Å². The van der Waals surface area contributed by atoms with Crippen LogP contribution in [-0.2, 0) is 4.79 Å². The summed E-state index contributed by atoms with van der Waals surface area (Å²) in [6, 6.07) is 2.98. The minimum atomic E-state index is -1.10. The largest absolute Gasteiger partial charge is 0.475 e.